The van der Waals surface area contributed by atoms with Crippen molar-refractivity contribution in [2.45, 2.75) is 202 Å². The number of carbonyl (C=O) groups excluding carboxylic acids is 1. The minimum Gasteiger partial charge on any atom is -0.458 e. The van der Waals surface area contributed by atoms with Crippen LogP contribution in [0.25, 0.3) is 0 Å². The van der Waals surface area contributed by atoms with Gasteiger partial charge in [0, 0.05) is 12.8 Å². The standard InChI is InChI=1S/C46H74O21/c1-18-11-26(63-40(59)22(18)14-47)19(2)23-8-10-46(60)25-6-5-20-12-21(13-30(50)45(20,4)24(25)7-9-44(23,46)3)62-42-38(58)35(55)39(28(16-49)65-42)67-43-37(57)34(54)32(52)29(66-43)17-61-41-36(56)33(53)31(51)27(15-48)64-41/h19-21,23-39,41-43,47-58,60H,5-17H2,1-4H3/t19-,20?,21+,23?,24?,25?,26?,27+,28+,29+,30-,31+,32+,33-,34-,35+,36+,37+,38+,39+,41+,42+,43-,44+,45-,46-/m0/s1. The Kier molecular flexibility index (Phi) is 15.3. The normalized spacial score (nSPS) is 53.1. The highest BCUT2D eigenvalue weighted by Gasteiger charge is 2.69. The second-order valence-electron chi connectivity index (χ2n) is 21.4. The van der Waals surface area contributed by atoms with Crippen LogP contribution in [0.3, 0.4) is 0 Å². The highest BCUT2D eigenvalue weighted by Crippen LogP contribution is 2.70. The maximum atomic E-state index is 12.9. The molecule has 0 spiro atoms. The third-order valence-corrected chi connectivity index (χ3v) is 18.3. The summed E-state index contributed by atoms with van der Waals surface area (Å²) >= 11 is 0. The predicted octanol–water partition coefficient (Wildman–Crippen LogP) is -3.18. The van der Waals surface area contributed by atoms with E-state index in [2.05, 4.69) is 20.8 Å². The number of rotatable bonds is 12. The van der Waals surface area contributed by atoms with Gasteiger partial charge in [-0.15, -0.1) is 0 Å². The Bertz CT molecular complexity index is 1770. The lowest BCUT2D eigenvalue weighted by atomic mass is 9.42. The van der Waals surface area contributed by atoms with E-state index in [0.717, 1.165) is 31.3 Å². The van der Waals surface area contributed by atoms with E-state index in [0.29, 0.717) is 31.3 Å². The van der Waals surface area contributed by atoms with Crippen LogP contribution >= 0.6 is 0 Å². The molecule has 5 unspecified atom stereocenters. The van der Waals surface area contributed by atoms with Gasteiger partial charge in [-0.1, -0.05) is 26.3 Å². The number of aliphatic hydroxyl groups excluding tert-OH is 12. The molecule has 0 aromatic heterocycles. The molecule has 3 saturated heterocycles. The topological polar surface area (TPSA) is 345 Å². The van der Waals surface area contributed by atoms with E-state index in [1.54, 1.807) is 0 Å². The summed E-state index contributed by atoms with van der Waals surface area (Å²) in [5, 5.41) is 140. The van der Waals surface area contributed by atoms with Crippen molar-refractivity contribution in [1.82, 2.24) is 0 Å². The summed E-state index contributed by atoms with van der Waals surface area (Å²) in [5.41, 5.74) is -0.869. The maximum absolute atomic E-state index is 12.9. The van der Waals surface area contributed by atoms with Gasteiger partial charge in [0.2, 0.25) is 0 Å². The van der Waals surface area contributed by atoms with Crippen molar-refractivity contribution >= 4 is 5.97 Å². The molecule has 67 heavy (non-hydrogen) atoms. The minimum absolute atomic E-state index is 0.00465. The molecule has 0 aromatic rings. The fourth-order valence-electron chi connectivity index (χ4n) is 14.1. The van der Waals surface area contributed by atoms with Gasteiger partial charge in [-0.05, 0) is 92.3 Å². The largest absolute Gasteiger partial charge is 0.458 e. The zero-order chi connectivity index (χ0) is 48.7. The number of cyclic esters (lactones) is 1. The molecule has 8 rings (SSSR count). The highest BCUT2D eigenvalue weighted by atomic mass is 16.8. The zero-order valence-electron chi connectivity index (χ0n) is 38.6. The van der Waals surface area contributed by atoms with Gasteiger partial charge in [0.1, 0.15) is 79.4 Å². The van der Waals surface area contributed by atoms with Crippen LogP contribution in [-0.4, -0.2) is 215 Å². The monoisotopic (exact) mass is 962 g/mol. The number of aliphatic hydroxyl groups is 13. The molecule has 4 aliphatic carbocycles. The maximum Gasteiger partial charge on any atom is 0.336 e. The first-order valence-electron chi connectivity index (χ1n) is 24.1. The predicted molar refractivity (Wildman–Crippen MR) is 225 cm³/mol. The van der Waals surface area contributed by atoms with E-state index >= 15 is 0 Å². The Morgan fingerprint density at radius 1 is 0.687 bits per heavy atom. The molecule has 0 radical (unpaired) electrons. The Balaban J connectivity index is 0.885. The second kappa shape index (κ2) is 19.8. The lowest BCUT2D eigenvalue weighted by molar-refractivity contribution is -0.369. The minimum atomic E-state index is -1.92. The molecule has 0 aromatic carbocycles. The summed E-state index contributed by atoms with van der Waals surface area (Å²) in [6.07, 6.45) is -21.3. The van der Waals surface area contributed by atoms with E-state index in [-0.39, 0.29) is 48.7 Å². The van der Waals surface area contributed by atoms with Gasteiger partial charge in [0.15, 0.2) is 18.9 Å². The van der Waals surface area contributed by atoms with Crippen molar-refractivity contribution in [2.24, 2.45) is 40.4 Å². The van der Waals surface area contributed by atoms with Crippen molar-refractivity contribution in [2.75, 3.05) is 26.4 Å². The van der Waals surface area contributed by atoms with Gasteiger partial charge < -0.3 is 99.5 Å². The molecule has 21 heteroatoms. The average Bonchev–Trinajstić information content (AvgIpc) is 3.58. The molecule has 0 bridgehead atoms. The molecule has 26 atom stereocenters. The zero-order valence-corrected chi connectivity index (χ0v) is 38.6. The van der Waals surface area contributed by atoms with Crippen LogP contribution in [0.5, 0.6) is 0 Å². The summed E-state index contributed by atoms with van der Waals surface area (Å²) in [6, 6.07) is 0. The van der Waals surface area contributed by atoms with Crippen molar-refractivity contribution in [1.29, 1.82) is 0 Å². The molecule has 384 valence electrons. The summed E-state index contributed by atoms with van der Waals surface area (Å²) in [4.78, 5) is 12.8. The molecule has 0 amide bonds. The Morgan fingerprint density at radius 3 is 1.96 bits per heavy atom. The number of esters is 1. The third-order valence-electron chi connectivity index (χ3n) is 18.3. The average molecular weight is 963 g/mol. The van der Waals surface area contributed by atoms with Crippen molar-refractivity contribution in [3.8, 4) is 0 Å². The van der Waals surface area contributed by atoms with Crippen LogP contribution in [0.4, 0.5) is 0 Å². The molecule has 4 heterocycles. The van der Waals surface area contributed by atoms with E-state index in [1.165, 1.54) is 0 Å². The lowest BCUT2D eigenvalue weighted by Crippen LogP contribution is -2.66. The SMILES string of the molecule is CC1=C(CO)C(=O)OC([C@@H](C)C2CC[C@]3(O)C4CCC5C[C@@H](O[C@@H]6O[C@H](CO)[C@@H](O[C@@H]7O[C@H](CO[C@@H]8O[C@H](CO)[C@@H](O)[C@H](O)[C@H]8O)[C@@H](O)[C@H](O)[C@H]7O)[C@H](O)[C@H]6O)C[C@H](O)[C@]5(C)C4CC[C@]23C)C1. The number of hydrogen-bond donors (Lipinski definition) is 13. The summed E-state index contributed by atoms with van der Waals surface area (Å²) in [6.45, 7) is 5.76. The van der Waals surface area contributed by atoms with Crippen molar-refractivity contribution < 1.29 is 104 Å². The Labute approximate surface area is 389 Å². The molecule has 7 fully saturated rings. The first kappa shape index (κ1) is 51.8. The third kappa shape index (κ3) is 8.75. The van der Waals surface area contributed by atoms with Crippen molar-refractivity contribution in [3.63, 3.8) is 0 Å². The first-order valence-corrected chi connectivity index (χ1v) is 24.1. The van der Waals surface area contributed by atoms with Gasteiger partial charge in [-0.3, -0.25) is 0 Å². The number of fused-ring (bicyclic) bond motifs is 5. The quantitative estimate of drug-likeness (QED) is 0.0678. The number of carbonyl (C=O) groups is 1. The molecule has 4 aliphatic heterocycles. The van der Waals surface area contributed by atoms with Crippen LogP contribution in [0.15, 0.2) is 11.1 Å². The van der Waals surface area contributed by atoms with Crippen LogP contribution in [0.2, 0.25) is 0 Å². The number of ether oxygens (including phenoxy) is 7. The van der Waals surface area contributed by atoms with Crippen LogP contribution in [-0.2, 0) is 38.0 Å². The van der Waals surface area contributed by atoms with Gasteiger partial charge in [-0.25, -0.2) is 4.79 Å². The van der Waals surface area contributed by atoms with Crippen LogP contribution < -0.4 is 0 Å². The smallest absolute Gasteiger partial charge is 0.336 e. The van der Waals surface area contributed by atoms with Crippen LogP contribution in [0, 0.1) is 40.4 Å². The molecular weight excluding hydrogens is 888 g/mol. The van der Waals surface area contributed by atoms with Crippen LogP contribution in [0.1, 0.15) is 85.5 Å². The van der Waals surface area contributed by atoms with Gasteiger partial charge in [0.25, 0.3) is 0 Å². The summed E-state index contributed by atoms with van der Waals surface area (Å²) in [5.74, 6) is -0.506. The molecular formula is C46H74O21. The van der Waals surface area contributed by atoms with E-state index < -0.39 is 147 Å². The summed E-state index contributed by atoms with van der Waals surface area (Å²) < 4.78 is 40.5. The first-order chi connectivity index (χ1) is 31.6. The highest BCUT2D eigenvalue weighted by molar-refractivity contribution is 5.90. The molecule has 4 saturated carbocycles. The van der Waals surface area contributed by atoms with E-state index in [4.69, 9.17) is 33.2 Å². The second-order valence-corrected chi connectivity index (χ2v) is 21.4. The van der Waals surface area contributed by atoms with Gasteiger partial charge in [0.05, 0.1) is 49.8 Å². The molecule has 21 nitrogen and oxygen atoms in total. The number of hydrogen-bond acceptors (Lipinski definition) is 21. The Morgan fingerprint density at radius 2 is 1.30 bits per heavy atom. The van der Waals surface area contributed by atoms with E-state index in [1.807, 2.05) is 6.92 Å². The fourth-order valence-corrected chi connectivity index (χ4v) is 14.1. The van der Waals surface area contributed by atoms with Gasteiger partial charge in [-0.2, -0.15) is 0 Å². The lowest BCUT2D eigenvalue weighted by Gasteiger charge is -2.65. The van der Waals surface area contributed by atoms with Gasteiger partial charge >= 0.3 is 5.97 Å². The fraction of sp³-hybridized carbons (Fsp3) is 0.935. The van der Waals surface area contributed by atoms with E-state index in [9.17, 15) is 71.2 Å². The molecule has 13 N–H and O–H groups in total. The van der Waals surface area contributed by atoms with Crippen molar-refractivity contribution in [3.05, 3.63) is 11.1 Å². The summed E-state index contributed by atoms with van der Waals surface area (Å²) in [7, 11) is 0. The molecule has 8 aliphatic rings. The Hall–Kier alpha value is -1.55.